The van der Waals surface area contributed by atoms with Crippen LogP contribution in [0.3, 0.4) is 0 Å². The van der Waals surface area contributed by atoms with Gasteiger partial charge in [0.15, 0.2) is 0 Å². The Morgan fingerprint density at radius 1 is 1.55 bits per heavy atom. The first-order valence-corrected chi connectivity index (χ1v) is 5.37. The molecule has 2 heteroatoms. The molecule has 2 atom stereocenters. The third-order valence-corrected chi connectivity index (χ3v) is 3.66. The van der Waals surface area contributed by atoms with Gasteiger partial charge in [0.25, 0.3) is 0 Å². The zero-order chi connectivity index (χ0) is 8.27. The van der Waals surface area contributed by atoms with Crippen molar-refractivity contribution in [2.45, 2.75) is 30.9 Å². The van der Waals surface area contributed by atoms with E-state index in [1.807, 2.05) is 0 Å². The molecule has 0 amide bonds. The maximum atomic E-state index is 4.50. The minimum Gasteiger partial charge on any atom is -0.178 e. The van der Waals surface area contributed by atoms with Crippen molar-refractivity contribution < 1.29 is 0 Å². The fourth-order valence-electron chi connectivity index (χ4n) is 1.70. The normalized spacial score (nSPS) is 28.5. The predicted molar refractivity (Wildman–Crippen MR) is 57.7 cm³/mol. The SMILES string of the molecule is C=C1CCCCC1C(S)CS. The van der Waals surface area contributed by atoms with Gasteiger partial charge in [-0.15, -0.1) is 0 Å². The van der Waals surface area contributed by atoms with E-state index in [-0.39, 0.29) is 0 Å². The van der Waals surface area contributed by atoms with Gasteiger partial charge in [0.05, 0.1) is 0 Å². The van der Waals surface area contributed by atoms with Crippen molar-refractivity contribution in [3.8, 4) is 0 Å². The van der Waals surface area contributed by atoms with Crippen LogP contribution in [0, 0.1) is 5.92 Å². The molecule has 1 aliphatic carbocycles. The Labute approximate surface area is 80.3 Å². The molecule has 1 rings (SSSR count). The van der Waals surface area contributed by atoms with Crippen molar-refractivity contribution >= 4 is 25.3 Å². The molecule has 0 aromatic heterocycles. The molecule has 11 heavy (non-hydrogen) atoms. The van der Waals surface area contributed by atoms with Crippen LogP contribution in [0.2, 0.25) is 0 Å². The van der Waals surface area contributed by atoms with Gasteiger partial charge >= 0.3 is 0 Å². The number of allylic oxidation sites excluding steroid dienone is 1. The van der Waals surface area contributed by atoms with E-state index in [0.717, 1.165) is 5.75 Å². The standard InChI is InChI=1S/C9H16S2/c1-7-4-2-3-5-8(7)9(11)6-10/h8-11H,1-6H2. The highest BCUT2D eigenvalue weighted by molar-refractivity contribution is 7.84. The van der Waals surface area contributed by atoms with Crippen LogP contribution in [0.1, 0.15) is 25.7 Å². The summed E-state index contributed by atoms with van der Waals surface area (Å²) in [5.74, 6) is 1.50. The lowest BCUT2D eigenvalue weighted by atomic mass is 9.83. The highest BCUT2D eigenvalue weighted by Crippen LogP contribution is 2.32. The van der Waals surface area contributed by atoms with E-state index >= 15 is 0 Å². The fraction of sp³-hybridized carbons (Fsp3) is 0.778. The van der Waals surface area contributed by atoms with Crippen LogP contribution >= 0.6 is 25.3 Å². The summed E-state index contributed by atoms with van der Waals surface area (Å²) >= 11 is 8.74. The molecule has 0 aromatic rings. The number of thiol groups is 2. The van der Waals surface area contributed by atoms with E-state index in [4.69, 9.17) is 0 Å². The fourth-order valence-corrected chi connectivity index (χ4v) is 2.31. The molecular weight excluding hydrogens is 172 g/mol. The summed E-state index contributed by atoms with van der Waals surface area (Å²) in [7, 11) is 0. The van der Waals surface area contributed by atoms with Crippen LogP contribution in [0.5, 0.6) is 0 Å². The Kier molecular flexibility index (Phi) is 3.86. The van der Waals surface area contributed by atoms with E-state index in [2.05, 4.69) is 31.8 Å². The van der Waals surface area contributed by atoms with Crippen LogP contribution in [0.4, 0.5) is 0 Å². The van der Waals surface area contributed by atoms with Crippen LogP contribution in [0.25, 0.3) is 0 Å². The molecule has 0 saturated heterocycles. The molecule has 0 aliphatic heterocycles. The van der Waals surface area contributed by atoms with E-state index in [1.165, 1.54) is 31.3 Å². The van der Waals surface area contributed by atoms with Crippen molar-refractivity contribution in [3.05, 3.63) is 12.2 Å². The first kappa shape index (κ1) is 9.53. The van der Waals surface area contributed by atoms with Crippen molar-refractivity contribution in [1.82, 2.24) is 0 Å². The molecule has 1 aliphatic rings. The molecule has 0 heterocycles. The summed E-state index contributed by atoms with van der Waals surface area (Å²) in [6.45, 7) is 4.08. The highest BCUT2D eigenvalue weighted by atomic mass is 32.1. The highest BCUT2D eigenvalue weighted by Gasteiger charge is 2.22. The second kappa shape index (κ2) is 4.46. The number of hydrogen-bond acceptors (Lipinski definition) is 2. The molecule has 2 unspecified atom stereocenters. The second-order valence-electron chi connectivity index (χ2n) is 3.26. The summed E-state index contributed by atoms with van der Waals surface area (Å²) in [4.78, 5) is 0. The summed E-state index contributed by atoms with van der Waals surface area (Å²) in [6, 6.07) is 0. The van der Waals surface area contributed by atoms with Gasteiger partial charge in [0.2, 0.25) is 0 Å². The topological polar surface area (TPSA) is 0 Å². The molecule has 0 radical (unpaired) electrons. The van der Waals surface area contributed by atoms with Crippen molar-refractivity contribution in [3.63, 3.8) is 0 Å². The third-order valence-electron chi connectivity index (χ3n) is 2.44. The largest absolute Gasteiger partial charge is 0.178 e. The molecule has 0 spiro atoms. The van der Waals surface area contributed by atoms with Gasteiger partial charge in [-0.05, 0) is 25.2 Å². The second-order valence-corrected chi connectivity index (χ2v) is 4.29. The first-order valence-electron chi connectivity index (χ1n) is 4.22. The smallest absolute Gasteiger partial charge is 0.0170 e. The van der Waals surface area contributed by atoms with Gasteiger partial charge in [-0.1, -0.05) is 18.6 Å². The Hall–Kier alpha value is 0.440. The molecule has 0 nitrogen and oxygen atoms in total. The molecule has 1 saturated carbocycles. The van der Waals surface area contributed by atoms with Crippen molar-refractivity contribution in [2.75, 3.05) is 5.75 Å². The van der Waals surface area contributed by atoms with Gasteiger partial charge in [-0.2, -0.15) is 25.3 Å². The molecular formula is C9H16S2. The van der Waals surface area contributed by atoms with E-state index in [0.29, 0.717) is 11.2 Å². The summed E-state index contributed by atoms with van der Waals surface area (Å²) in [5.41, 5.74) is 1.39. The van der Waals surface area contributed by atoms with Crippen molar-refractivity contribution in [2.24, 2.45) is 5.92 Å². The molecule has 0 aromatic carbocycles. The van der Waals surface area contributed by atoms with Crippen LogP contribution in [-0.4, -0.2) is 11.0 Å². The summed E-state index contributed by atoms with van der Waals surface area (Å²) in [6.07, 6.45) is 5.14. The quantitative estimate of drug-likeness (QED) is 0.483. The maximum absolute atomic E-state index is 4.50. The number of hydrogen-bond donors (Lipinski definition) is 2. The Morgan fingerprint density at radius 3 is 2.82 bits per heavy atom. The van der Waals surface area contributed by atoms with Gasteiger partial charge < -0.3 is 0 Å². The predicted octanol–water partition coefficient (Wildman–Crippen LogP) is 2.96. The average Bonchev–Trinajstić information content (AvgIpc) is 2.04. The van der Waals surface area contributed by atoms with Gasteiger partial charge in [-0.25, -0.2) is 0 Å². The lowest BCUT2D eigenvalue weighted by molar-refractivity contribution is 0.456. The van der Waals surface area contributed by atoms with E-state index < -0.39 is 0 Å². The zero-order valence-electron chi connectivity index (χ0n) is 6.79. The Bertz CT molecular complexity index is 142. The Balaban J connectivity index is 2.47. The minimum atomic E-state index is 0.422. The summed E-state index contributed by atoms with van der Waals surface area (Å²) in [5, 5.41) is 0.422. The lowest BCUT2D eigenvalue weighted by Gasteiger charge is -2.28. The molecule has 1 fully saturated rings. The van der Waals surface area contributed by atoms with E-state index in [9.17, 15) is 0 Å². The molecule has 0 N–H and O–H groups in total. The average molecular weight is 188 g/mol. The van der Waals surface area contributed by atoms with E-state index in [1.54, 1.807) is 0 Å². The van der Waals surface area contributed by atoms with Gasteiger partial charge in [-0.3, -0.25) is 0 Å². The maximum Gasteiger partial charge on any atom is 0.0170 e. The Morgan fingerprint density at radius 2 is 2.27 bits per heavy atom. The van der Waals surface area contributed by atoms with Crippen LogP contribution in [-0.2, 0) is 0 Å². The zero-order valence-corrected chi connectivity index (χ0v) is 8.58. The van der Waals surface area contributed by atoms with Gasteiger partial charge in [0, 0.05) is 11.0 Å². The number of rotatable bonds is 2. The van der Waals surface area contributed by atoms with Crippen molar-refractivity contribution in [1.29, 1.82) is 0 Å². The summed E-state index contributed by atoms with van der Waals surface area (Å²) < 4.78 is 0. The lowest BCUT2D eigenvalue weighted by Crippen LogP contribution is -2.21. The van der Waals surface area contributed by atoms with Crippen LogP contribution < -0.4 is 0 Å². The minimum absolute atomic E-state index is 0.422. The molecule has 0 bridgehead atoms. The van der Waals surface area contributed by atoms with Gasteiger partial charge in [0.1, 0.15) is 0 Å². The monoisotopic (exact) mass is 188 g/mol. The molecule has 64 valence electrons. The van der Waals surface area contributed by atoms with Crippen LogP contribution in [0.15, 0.2) is 12.2 Å². The first-order chi connectivity index (χ1) is 5.25. The third kappa shape index (κ3) is 2.45.